The molecule has 0 radical (unpaired) electrons. The number of hydrogen-bond acceptors (Lipinski definition) is 3. The highest BCUT2D eigenvalue weighted by Gasteiger charge is 2.53. The van der Waals surface area contributed by atoms with Crippen LogP contribution in [0, 0.1) is 17.3 Å². The van der Waals surface area contributed by atoms with Crippen molar-refractivity contribution in [3.8, 4) is 5.75 Å². The lowest BCUT2D eigenvalue weighted by atomic mass is 9.55. The third kappa shape index (κ3) is 3.20. The first-order chi connectivity index (χ1) is 14.1. The van der Waals surface area contributed by atoms with Gasteiger partial charge in [-0.05, 0) is 85.6 Å². The molecule has 2 saturated carbocycles. The molecule has 2 fully saturated rings. The molecule has 4 atom stereocenters. The summed E-state index contributed by atoms with van der Waals surface area (Å²) in [6.45, 7) is 2.41. The molecule has 3 aliphatic carbocycles. The van der Waals surface area contributed by atoms with Crippen LogP contribution in [0.4, 0.5) is 0 Å². The Bertz CT molecular complexity index is 998. The highest BCUT2D eigenvalue weighted by Crippen LogP contribution is 2.60. The molecule has 29 heavy (non-hydrogen) atoms. The van der Waals surface area contributed by atoms with Gasteiger partial charge in [0.1, 0.15) is 5.75 Å². The second-order valence-electron chi connectivity index (χ2n) is 9.11. The largest absolute Gasteiger partial charge is 0.508 e. The smallest absolute Gasteiger partial charge is 0.115 e. The van der Waals surface area contributed by atoms with Crippen molar-refractivity contribution in [3.05, 3.63) is 64.2 Å². The minimum absolute atomic E-state index is 0.160. The van der Waals surface area contributed by atoms with E-state index in [1.165, 1.54) is 42.5 Å². The van der Waals surface area contributed by atoms with Gasteiger partial charge in [-0.25, -0.2) is 0 Å². The molecule has 1 N–H and O–H groups in total. The molecule has 0 aromatic heterocycles. The predicted molar refractivity (Wildman–Crippen MR) is 119 cm³/mol. The zero-order chi connectivity index (χ0) is 20.0. The first-order valence-corrected chi connectivity index (χ1v) is 11.1. The van der Waals surface area contributed by atoms with E-state index in [9.17, 15) is 5.11 Å². The summed E-state index contributed by atoms with van der Waals surface area (Å²) in [5.74, 6) is 2.42. The van der Waals surface area contributed by atoms with Crippen LogP contribution in [-0.2, 0) is 6.42 Å². The second-order valence-corrected chi connectivity index (χ2v) is 9.51. The zero-order valence-corrected chi connectivity index (χ0v) is 17.6. The van der Waals surface area contributed by atoms with Crippen LogP contribution in [-0.4, -0.2) is 17.0 Å². The van der Waals surface area contributed by atoms with E-state index in [0.29, 0.717) is 28.5 Å². The fraction of sp³-hybridized carbons (Fsp3) is 0.440. The molecular formula is C25H27ClN2O. The molecule has 2 aromatic carbocycles. The summed E-state index contributed by atoms with van der Waals surface area (Å²) >= 11 is 6.23. The molecule has 0 bridgehead atoms. The van der Waals surface area contributed by atoms with Gasteiger partial charge in [-0.1, -0.05) is 42.8 Å². The van der Waals surface area contributed by atoms with E-state index < -0.39 is 0 Å². The number of halogens is 1. The van der Waals surface area contributed by atoms with Gasteiger partial charge in [-0.15, -0.1) is 0 Å². The van der Waals surface area contributed by atoms with Gasteiger partial charge in [-0.3, -0.25) is 0 Å². The minimum atomic E-state index is 0.160. The van der Waals surface area contributed by atoms with Gasteiger partial charge in [0.2, 0.25) is 0 Å². The van der Waals surface area contributed by atoms with Crippen LogP contribution in [0.15, 0.2) is 52.7 Å². The number of phenolic OH excluding ortho intramolecular Hbond substituents is 1. The predicted octanol–water partition coefficient (Wildman–Crippen LogP) is 6.38. The van der Waals surface area contributed by atoms with Gasteiger partial charge < -0.3 is 5.11 Å². The number of rotatable bonds is 2. The maximum Gasteiger partial charge on any atom is 0.115 e. The number of aromatic hydroxyl groups is 1. The quantitative estimate of drug-likeness (QED) is 0.456. The number of nitrogens with zero attached hydrogens (tertiary/aromatic N) is 2. The molecule has 0 spiro atoms. The van der Waals surface area contributed by atoms with Crippen molar-refractivity contribution in [2.45, 2.75) is 51.4 Å². The lowest BCUT2D eigenvalue weighted by molar-refractivity contribution is 0.0955. The molecule has 0 aliphatic heterocycles. The second kappa shape index (κ2) is 7.28. The fourth-order valence-electron chi connectivity index (χ4n) is 6.26. The minimum Gasteiger partial charge on any atom is -0.508 e. The number of hydrogen-bond donors (Lipinski definition) is 1. The summed E-state index contributed by atoms with van der Waals surface area (Å²) in [6.07, 6.45) is 8.70. The number of benzene rings is 2. The normalized spacial score (nSPS) is 32.2. The van der Waals surface area contributed by atoms with E-state index in [4.69, 9.17) is 16.7 Å². The summed E-state index contributed by atoms with van der Waals surface area (Å²) in [4.78, 5) is 0. The first kappa shape index (κ1) is 18.9. The average Bonchev–Trinajstić information content (AvgIpc) is 3.05. The lowest BCUT2D eigenvalue weighted by Gasteiger charge is -2.49. The van der Waals surface area contributed by atoms with Crippen LogP contribution < -0.4 is 0 Å². The molecule has 5 rings (SSSR count). The van der Waals surface area contributed by atoms with Crippen molar-refractivity contribution in [2.24, 2.45) is 27.5 Å². The summed E-state index contributed by atoms with van der Waals surface area (Å²) < 4.78 is 0. The highest BCUT2D eigenvalue weighted by atomic mass is 35.5. The van der Waals surface area contributed by atoms with Gasteiger partial charge >= 0.3 is 0 Å². The van der Waals surface area contributed by atoms with Gasteiger partial charge in [-0.2, -0.15) is 10.2 Å². The van der Waals surface area contributed by atoms with E-state index in [2.05, 4.69) is 18.1 Å². The molecule has 4 heteroatoms. The van der Waals surface area contributed by atoms with Crippen LogP contribution in [0.25, 0.3) is 0 Å². The Morgan fingerprint density at radius 1 is 1.10 bits per heavy atom. The topological polar surface area (TPSA) is 45.0 Å². The van der Waals surface area contributed by atoms with Gasteiger partial charge in [0, 0.05) is 21.7 Å². The molecule has 0 amide bonds. The van der Waals surface area contributed by atoms with Gasteiger partial charge in [0.25, 0.3) is 0 Å². The Balaban J connectivity index is 1.39. The van der Waals surface area contributed by atoms with Crippen LogP contribution in [0.3, 0.4) is 0 Å². The van der Waals surface area contributed by atoms with Crippen LogP contribution in [0.2, 0.25) is 5.02 Å². The summed E-state index contributed by atoms with van der Waals surface area (Å²) in [5, 5.41) is 19.7. The van der Waals surface area contributed by atoms with Crippen molar-refractivity contribution in [2.75, 3.05) is 0 Å². The zero-order valence-electron chi connectivity index (χ0n) is 16.8. The molecule has 3 nitrogen and oxygen atoms in total. The summed E-state index contributed by atoms with van der Waals surface area (Å²) in [7, 11) is 0. The van der Waals surface area contributed by atoms with Crippen LogP contribution in [0.1, 0.15) is 61.6 Å². The van der Waals surface area contributed by atoms with E-state index in [0.717, 1.165) is 18.4 Å². The maximum atomic E-state index is 9.85. The first-order valence-electron chi connectivity index (χ1n) is 10.7. The number of phenols is 1. The van der Waals surface area contributed by atoms with E-state index in [-0.39, 0.29) is 5.41 Å². The summed E-state index contributed by atoms with van der Waals surface area (Å²) in [6, 6.07) is 13.7. The highest BCUT2D eigenvalue weighted by molar-refractivity contribution is 6.33. The van der Waals surface area contributed by atoms with E-state index >= 15 is 0 Å². The van der Waals surface area contributed by atoms with Crippen molar-refractivity contribution >= 4 is 23.5 Å². The molecule has 3 aliphatic rings. The van der Waals surface area contributed by atoms with Crippen molar-refractivity contribution < 1.29 is 5.11 Å². The Hall–Kier alpha value is -2.13. The number of aryl methyl sites for hydroxylation is 1. The fourth-order valence-corrected chi connectivity index (χ4v) is 6.45. The monoisotopic (exact) mass is 406 g/mol. The van der Waals surface area contributed by atoms with Crippen LogP contribution in [0.5, 0.6) is 5.75 Å². The van der Waals surface area contributed by atoms with Crippen molar-refractivity contribution in [1.82, 2.24) is 0 Å². The molecule has 4 unspecified atom stereocenters. The van der Waals surface area contributed by atoms with Crippen molar-refractivity contribution in [3.63, 3.8) is 0 Å². The molecule has 150 valence electrons. The third-order valence-electron chi connectivity index (χ3n) is 7.73. The summed E-state index contributed by atoms with van der Waals surface area (Å²) in [5.41, 5.74) is 5.16. The van der Waals surface area contributed by atoms with Crippen molar-refractivity contribution in [1.29, 1.82) is 0 Å². The Morgan fingerprint density at radius 2 is 1.97 bits per heavy atom. The molecule has 0 saturated heterocycles. The maximum absolute atomic E-state index is 9.85. The Morgan fingerprint density at radius 3 is 2.83 bits per heavy atom. The molecule has 0 heterocycles. The van der Waals surface area contributed by atoms with E-state index in [1.54, 1.807) is 6.21 Å². The number of fused-ring (bicyclic) bond motifs is 5. The van der Waals surface area contributed by atoms with Gasteiger partial charge in [0.05, 0.1) is 6.21 Å². The Labute approximate surface area is 177 Å². The Kier molecular flexibility index (Phi) is 4.74. The molecular weight excluding hydrogens is 380 g/mol. The van der Waals surface area contributed by atoms with E-state index in [1.807, 2.05) is 36.4 Å². The van der Waals surface area contributed by atoms with Gasteiger partial charge in [0.15, 0.2) is 0 Å². The lowest BCUT2D eigenvalue weighted by Crippen LogP contribution is -2.42. The SMILES string of the molecule is CC12CCC3c4ccc(O)cc4CCC3C1CC/C2=N\N=C\c1ccccc1Cl. The molecule has 2 aromatic rings. The third-order valence-corrected chi connectivity index (χ3v) is 8.08. The average molecular weight is 407 g/mol. The van der Waals surface area contributed by atoms with Crippen LogP contribution >= 0.6 is 11.6 Å². The standard InChI is InChI=1S/C25H27ClN2O/c1-25-13-12-20-19-9-7-18(29)14-16(19)6-8-21(20)22(25)10-11-24(25)28-27-15-17-4-2-3-5-23(17)26/h2-5,7,9,14-15,20-22,29H,6,8,10-13H2,1H3/b27-15+,28-24+.